The number of hydrogen-bond acceptors (Lipinski definition) is 5. The zero-order chi connectivity index (χ0) is 11.0. The molecular weight excluding hydrogens is 200 g/mol. The van der Waals surface area contributed by atoms with Crippen LogP contribution in [0, 0.1) is 10.1 Å². The van der Waals surface area contributed by atoms with Crippen molar-refractivity contribution >= 4 is 17.2 Å². The first-order valence-electron chi connectivity index (χ1n) is 4.16. The molecule has 0 bridgehead atoms. The lowest BCUT2D eigenvalue weighted by atomic mass is 10.1. The Balaban J connectivity index is 2.53. The van der Waals surface area contributed by atoms with E-state index in [0.717, 1.165) is 0 Å². The summed E-state index contributed by atoms with van der Waals surface area (Å²) in [5.41, 5.74) is 0.780. The van der Waals surface area contributed by atoms with Gasteiger partial charge in [-0.15, -0.1) is 0 Å². The number of rotatable bonds is 1. The molecule has 0 spiro atoms. The number of nitrogens with zero attached hydrogens (tertiary/aromatic N) is 2. The first kappa shape index (κ1) is 9.32. The van der Waals surface area contributed by atoms with E-state index in [9.17, 15) is 14.9 Å². The van der Waals surface area contributed by atoms with E-state index in [1.54, 1.807) is 0 Å². The smallest absolute Gasteiger partial charge is 0.270 e. The number of Topliss-reactive ketones (excluding diaryl/α,β-unsaturated/α-hetero) is 1. The summed E-state index contributed by atoms with van der Waals surface area (Å²) in [6, 6.07) is 4.03. The number of nitro groups is 1. The van der Waals surface area contributed by atoms with E-state index in [1.807, 2.05) is 0 Å². The Morgan fingerprint density at radius 3 is 2.80 bits per heavy atom. The second kappa shape index (κ2) is 3.16. The average molecular weight is 206 g/mol. The first-order chi connectivity index (χ1) is 7.13. The Hall–Kier alpha value is -2.24. The maximum atomic E-state index is 11.5. The number of non-ortho nitro benzene ring substituents is 1. The van der Waals surface area contributed by atoms with Crippen LogP contribution in [0.5, 0.6) is 0 Å². The predicted molar refractivity (Wildman–Crippen MR) is 50.4 cm³/mol. The summed E-state index contributed by atoms with van der Waals surface area (Å²) in [4.78, 5) is 21.4. The molecule has 76 valence electrons. The molecule has 0 amide bonds. The fraction of sp³-hybridized carbons (Fsp3) is 0.111. The van der Waals surface area contributed by atoms with Crippen LogP contribution >= 0.6 is 0 Å². The zero-order valence-electron chi connectivity index (χ0n) is 7.51. The molecule has 1 aliphatic rings. The van der Waals surface area contributed by atoms with E-state index in [0.29, 0.717) is 5.56 Å². The third-order valence-electron chi connectivity index (χ3n) is 2.29. The molecule has 0 radical (unpaired) electrons. The molecule has 1 aromatic rings. The third kappa shape index (κ3) is 1.35. The van der Waals surface area contributed by atoms with Crippen LogP contribution in [0.2, 0.25) is 0 Å². The summed E-state index contributed by atoms with van der Waals surface area (Å²) in [6.45, 7) is 0. The van der Waals surface area contributed by atoms with Crippen molar-refractivity contribution in [2.75, 3.05) is 0 Å². The van der Waals surface area contributed by atoms with Crippen molar-refractivity contribution in [3.63, 3.8) is 0 Å². The summed E-state index contributed by atoms with van der Waals surface area (Å²) in [5, 5.41) is 21.8. The molecule has 1 aliphatic carbocycles. The summed E-state index contributed by atoms with van der Waals surface area (Å²) < 4.78 is 0. The molecule has 0 aliphatic heterocycles. The molecule has 0 unspecified atom stereocenters. The van der Waals surface area contributed by atoms with Crippen LogP contribution in [0.3, 0.4) is 0 Å². The van der Waals surface area contributed by atoms with E-state index in [1.165, 1.54) is 18.2 Å². The number of carbonyl (C=O) groups excluding carboxylic acids is 1. The lowest BCUT2D eigenvalue weighted by molar-refractivity contribution is -0.384. The molecule has 0 fully saturated rings. The molecule has 6 heteroatoms. The van der Waals surface area contributed by atoms with Crippen LogP contribution in [-0.4, -0.2) is 21.6 Å². The fourth-order valence-electron chi connectivity index (χ4n) is 1.54. The first-order valence-corrected chi connectivity index (χ1v) is 4.16. The van der Waals surface area contributed by atoms with Gasteiger partial charge in [0.15, 0.2) is 0 Å². The summed E-state index contributed by atoms with van der Waals surface area (Å²) in [7, 11) is 0. The van der Waals surface area contributed by atoms with Crippen molar-refractivity contribution in [2.24, 2.45) is 5.16 Å². The van der Waals surface area contributed by atoms with Crippen LogP contribution in [0.1, 0.15) is 15.9 Å². The third-order valence-corrected chi connectivity index (χ3v) is 2.29. The van der Waals surface area contributed by atoms with Gasteiger partial charge in [-0.3, -0.25) is 14.9 Å². The van der Waals surface area contributed by atoms with Gasteiger partial charge in [-0.25, -0.2) is 0 Å². The van der Waals surface area contributed by atoms with Gasteiger partial charge in [0.1, 0.15) is 5.71 Å². The van der Waals surface area contributed by atoms with Gasteiger partial charge in [0, 0.05) is 24.1 Å². The molecule has 0 aromatic heterocycles. The number of benzene rings is 1. The van der Waals surface area contributed by atoms with Crippen molar-refractivity contribution in [1.82, 2.24) is 0 Å². The highest BCUT2D eigenvalue weighted by Crippen LogP contribution is 2.24. The Labute approximate surface area is 84.0 Å². The van der Waals surface area contributed by atoms with Crippen molar-refractivity contribution in [3.05, 3.63) is 39.4 Å². The van der Waals surface area contributed by atoms with Crippen LogP contribution in [0.4, 0.5) is 5.69 Å². The molecule has 0 saturated heterocycles. The van der Waals surface area contributed by atoms with E-state index in [4.69, 9.17) is 5.21 Å². The minimum atomic E-state index is -0.568. The van der Waals surface area contributed by atoms with Crippen molar-refractivity contribution in [1.29, 1.82) is 0 Å². The highest BCUT2D eigenvalue weighted by molar-refractivity contribution is 6.49. The summed E-state index contributed by atoms with van der Waals surface area (Å²) >= 11 is 0. The lowest BCUT2D eigenvalue weighted by Crippen LogP contribution is -2.07. The standard InChI is InChI=1S/C9H6N2O4/c12-9-7-4-6(11(14)15)2-1-5(7)3-8(9)10-13/h1-2,4,13H,3H2/b10-8+. The maximum Gasteiger partial charge on any atom is 0.270 e. The summed E-state index contributed by atoms with van der Waals surface area (Å²) in [5.74, 6) is -0.448. The molecule has 1 aromatic carbocycles. The molecule has 0 saturated carbocycles. The second-order valence-corrected chi connectivity index (χ2v) is 3.15. The van der Waals surface area contributed by atoms with E-state index in [-0.39, 0.29) is 23.4 Å². The number of hydrogen-bond donors (Lipinski definition) is 1. The Morgan fingerprint density at radius 2 is 2.20 bits per heavy atom. The Kier molecular flexibility index (Phi) is 1.96. The quantitative estimate of drug-likeness (QED) is 0.424. The monoisotopic (exact) mass is 206 g/mol. The van der Waals surface area contributed by atoms with Gasteiger partial charge < -0.3 is 5.21 Å². The predicted octanol–water partition coefficient (Wildman–Crippen LogP) is 1.16. The lowest BCUT2D eigenvalue weighted by Gasteiger charge is -1.95. The van der Waals surface area contributed by atoms with Gasteiger partial charge in [0.25, 0.3) is 5.69 Å². The van der Waals surface area contributed by atoms with E-state index >= 15 is 0 Å². The van der Waals surface area contributed by atoms with Crippen molar-refractivity contribution in [3.8, 4) is 0 Å². The van der Waals surface area contributed by atoms with E-state index < -0.39 is 10.7 Å². The van der Waals surface area contributed by atoms with Gasteiger partial charge >= 0.3 is 0 Å². The largest absolute Gasteiger partial charge is 0.411 e. The fourth-order valence-corrected chi connectivity index (χ4v) is 1.54. The molecule has 0 atom stereocenters. The molecule has 15 heavy (non-hydrogen) atoms. The van der Waals surface area contributed by atoms with Gasteiger partial charge in [-0.2, -0.15) is 0 Å². The van der Waals surface area contributed by atoms with Crippen LogP contribution in [0.25, 0.3) is 0 Å². The number of carbonyl (C=O) groups is 1. The van der Waals surface area contributed by atoms with Crippen LogP contribution in [0.15, 0.2) is 23.4 Å². The number of ketones is 1. The van der Waals surface area contributed by atoms with E-state index in [2.05, 4.69) is 5.16 Å². The van der Waals surface area contributed by atoms with Crippen LogP contribution in [-0.2, 0) is 6.42 Å². The molecular formula is C9H6N2O4. The van der Waals surface area contributed by atoms with Gasteiger partial charge in [-0.1, -0.05) is 11.2 Å². The topological polar surface area (TPSA) is 92.8 Å². The number of nitro benzene ring substituents is 1. The Morgan fingerprint density at radius 1 is 1.47 bits per heavy atom. The second-order valence-electron chi connectivity index (χ2n) is 3.15. The number of oxime groups is 1. The minimum absolute atomic E-state index is 0.0190. The van der Waals surface area contributed by atoms with Gasteiger partial charge in [-0.05, 0) is 5.56 Å². The highest BCUT2D eigenvalue weighted by Gasteiger charge is 2.28. The van der Waals surface area contributed by atoms with Gasteiger partial charge in [0.2, 0.25) is 5.78 Å². The minimum Gasteiger partial charge on any atom is -0.411 e. The normalized spacial score (nSPS) is 16.8. The molecule has 0 heterocycles. The maximum absolute atomic E-state index is 11.5. The SMILES string of the molecule is O=C1/C(=N/O)Cc2ccc([N+](=O)[O-])cc21. The zero-order valence-corrected chi connectivity index (χ0v) is 7.51. The van der Waals surface area contributed by atoms with Crippen LogP contribution < -0.4 is 0 Å². The highest BCUT2D eigenvalue weighted by atomic mass is 16.6. The molecule has 6 nitrogen and oxygen atoms in total. The van der Waals surface area contributed by atoms with Gasteiger partial charge in [0.05, 0.1) is 4.92 Å². The average Bonchev–Trinajstić information content (AvgIpc) is 2.55. The molecule has 1 N–H and O–H groups in total. The number of fused-ring (bicyclic) bond motifs is 1. The molecule has 2 rings (SSSR count). The van der Waals surface area contributed by atoms with Crippen molar-refractivity contribution in [2.45, 2.75) is 6.42 Å². The summed E-state index contributed by atoms with van der Waals surface area (Å²) in [6.07, 6.45) is 0.225. The Bertz CT molecular complexity index is 493. The van der Waals surface area contributed by atoms with Crippen molar-refractivity contribution < 1.29 is 14.9 Å².